The summed E-state index contributed by atoms with van der Waals surface area (Å²) >= 11 is 0. The summed E-state index contributed by atoms with van der Waals surface area (Å²) in [6.45, 7) is 232. The molecule has 0 aromatic rings. The van der Waals surface area contributed by atoms with E-state index in [1.807, 2.05) is 803 Å². The molecule has 0 amide bonds. The van der Waals surface area contributed by atoms with Crippen molar-refractivity contribution in [1.82, 2.24) is 0 Å². The highest BCUT2D eigenvalue weighted by Gasteiger charge is 1.05. The zero-order chi connectivity index (χ0) is 116. The second-order valence-electron chi connectivity index (χ2n) is 0. The Kier molecular flexibility index (Phi) is 0. The van der Waals surface area contributed by atoms with Crippen molar-refractivity contribution < 1.29 is 0 Å². The third-order valence-electron chi connectivity index (χ3n) is 0. The van der Waals surface area contributed by atoms with Gasteiger partial charge in [0.2, 0.25) is 0 Å². The summed E-state index contributed by atoms with van der Waals surface area (Å²) in [7, 11) is 0. The third kappa shape index (κ3) is 0. The summed E-state index contributed by atoms with van der Waals surface area (Å²) in [6, 6.07) is 0. The summed E-state index contributed by atoms with van der Waals surface area (Å²) in [5, 5.41) is 0. The van der Waals surface area contributed by atoms with E-state index >= 15 is 0 Å². The quantitative estimate of drug-likeness (QED) is 0.227. The van der Waals surface area contributed by atoms with E-state index in [1.54, 1.807) is 0 Å². The molecule has 0 aliphatic heterocycles. The lowest BCUT2D eigenvalue weighted by Crippen LogP contribution is -0.856. The van der Waals surface area contributed by atoms with Gasteiger partial charge in [-0.25, -0.2) is 0 Å². The van der Waals surface area contributed by atoms with Crippen LogP contribution in [0.15, 0.2) is 0 Å². The first kappa shape index (κ1) is 456. The van der Waals surface area contributed by atoms with Gasteiger partial charge in [0, 0.05) is 0 Å². The molecule has 812 valence electrons. The van der Waals surface area contributed by atoms with Crippen LogP contribution in [0.1, 0.15) is 803 Å². The van der Waals surface area contributed by atoms with E-state index in [-0.39, 0.29) is 0 Å². The lowest BCUT2D eigenvalue weighted by atomic mass is 11.0. The van der Waals surface area contributed by atoms with Crippen molar-refractivity contribution >= 4 is 0 Å². The maximum atomic E-state index is 2.00. The van der Waals surface area contributed by atoms with E-state index in [1.165, 1.54) is 0 Å². The molecule has 0 aliphatic rings. The first-order chi connectivity index (χ1) is 58.0. The summed E-state index contributed by atoms with van der Waals surface area (Å²) in [5.74, 6) is 0. The van der Waals surface area contributed by atoms with Gasteiger partial charge in [-0.05, 0) is 0 Å². The van der Waals surface area contributed by atoms with Gasteiger partial charge < -0.3 is 0 Å². The third-order valence-corrected chi connectivity index (χ3v) is 0. The first-order valence-corrected chi connectivity index (χ1v) is 58.0. The van der Waals surface area contributed by atoms with Crippen LogP contribution < -0.4 is 0 Å². The Labute approximate surface area is 798 Å². The minimum Gasteiger partial charge on any atom is -0.0683 e. The first-order valence-electron chi connectivity index (χ1n) is 58.0. The highest BCUT2D eigenvalue weighted by atomic mass is 13.1. The molecule has 0 spiro atoms. The lowest BCUT2D eigenvalue weighted by molar-refractivity contribution is 1.50. The highest BCUT2D eigenvalue weighted by Crippen LogP contribution is 1.26. The largest absolute Gasteiger partial charge is 0.0683 e. The normalized spacial score (nSPS) is 3.00. The number of rotatable bonds is 0. The minimum absolute atomic E-state index is 2.00. The number of hydrogen-bond acceptors (Lipinski definition) is 0. The lowest BCUT2D eigenvalue weighted by Gasteiger charge is -1.07. The van der Waals surface area contributed by atoms with Crippen molar-refractivity contribution in [2.75, 3.05) is 0 Å². The average molecular weight is 1740 g/mol. The van der Waals surface area contributed by atoms with Crippen molar-refractivity contribution in [3.05, 3.63) is 0 Å². The molecule has 116 heavy (non-hydrogen) atoms. The molecule has 0 bridgehead atoms. The van der Waals surface area contributed by atoms with Gasteiger partial charge in [0.1, 0.15) is 0 Å². The van der Waals surface area contributed by atoms with Crippen molar-refractivity contribution in [3.8, 4) is 0 Å². The van der Waals surface area contributed by atoms with Crippen molar-refractivity contribution in [2.45, 2.75) is 803 Å². The summed E-state index contributed by atoms with van der Waals surface area (Å²) in [6.07, 6.45) is 0. The molecule has 0 rings (SSSR count). The Balaban J connectivity index is -0.00000000527. The molecule has 0 unspecified atom stereocenters. The van der Waals surface area contributed by atoms with E-state index in [2.05, 4.69) is 0 Å². The molecular weight excluding hydrogens is 1390 g/mol. The fourth-order valence-corrected chi connectivity index (χ4v) is 0. The topological polar surface area (TPSA) is 0 Å². The van der Waals surface area contributed by atoms with E-state index in [0.717, 1.165) is 0 Å². The van der Waals surface area contributed by atoms with Gasteiger partial charge in [-0.1, -0.05) is 803 Å². The van der Waals surface area contributed by atoms with Crippen LogP contribution in [0.3, 0.4) is 0 Å². The molecule has 0 heteroatoms. The fraction of sp³-hybridized carbons (Fsp3) is 1.00. The monoisotopic (exact) mass is 1740 g/mol. The summed E-state index contributed by atoms with van der Waals surface area (Å²) in [5.41, 5.74) is 0. The van der Waals surface area contributed by atoms with Gasteiger partial charge in [0.05, 0.1) is 0 Å². The molecule has 0 saturated heterocycles. The maximum Gasteiger partial charge on any atom is -0.0683 e. The average Bonchev–Trinajstić information content (AvgIpc) is 3.98. The van der Waals surface area contributed by atoms with Crippen LogP contribution >= 0.6 is 0 Å². The van der Waals surface area contributed by atoms with Gasteiger partial charge in [0.15, 0.2) is 0 Å². The molecule has 0 aromatic carbocycles. The predicted octanol–water partition coefficient (Wildman–Crippen LogP) is 59.5. The van der Waals surface area contributed by atoms with Crippen LogP contribution in [0.25, 0.3) is 0 Å². The molecule has 0 aromatic heterocycles. The number of hydrogen-bond donors (Lipinski definition) is 0. The smallest absolute Gasteiger partial charge is 0.0683 e. The summed E-state index contributed by atoms with van der Waals surface area (Å²) < 4.78 is 0. The Morgan fingerprint density at radius 3 is 0.0172 bits per heavy atom. The van der Waals surface area contributed by atoms with Gasteiger partial charge in [-0.2, -0.15) is 0 Å². The molecule has 0 radical (unpaired) electrons. The second-order valence-corrected chi connectivity index (χ2v) is 0. The molecule has 0 saturated carbocycles. The second kappa shape index (κ2) is 0. The fourth-order valence-electron chi connectivity index (χ4n) is 0. The Bertz CT molecular complexity index is 0. The minimum atomic E-state index is 2.00. The van der Waals surface area contributed by atoms with Crippen LogP contribution in [0.5, 0.6) is 0 Å². The van der Waals surface area contributed by atoms with E-state index in [4.69, 9.17) is 0 Å². The summed E-state index contributed by atoms with van der Waals surface area (Å²) in [4.78, 5) is 0. The highest BCUT2D eigenvalue weighted by molar-refractivity contribution is 3.62. The molecule has 0 aliphatic carbocycles. The zero-order valence-corrected chi connectivity index (χ0v) is 116. The molecule has 0 fully saturated rings. The van der Waals surface area contributed by atoms with Crippen molar-refractivity contribution in [2.24, 2.45) is 0 Å². The van der Waals surface area contributed by atoms with Gasteiger partial charge in [0.25, 0.3) is 0 Å². The van der Waals surface area contributed by atoms with E-state index in [0.29, 0.717) is 0 Å². The van der Waals surface area contributed by atoms with E-state index in [9.17, 15) is 0 Å². The Morgan fingerprint density at radius 2 is 0.0172 bits per heavy atom. The SMILES string of the molecule is CC.CC.CC.CC.CC.CC.CC.CC.CC.CC.CC.CC.CC.CC.CC.CC.CC.CC.CC.CC.CC.CC.CC.CC.CC.CC.CC.CC.CC.CC.CC.CC.CC.CC.CC.CC.CC.CC.CC.CC.CC.CC.CC.CC.CC.CC.CC.CC.CC.CC.CC.CC.CC.CC.CC.CC.CC.CC. The van der Waals surface area contributed by atoms with Crippen LogP contribution in [-0.4, -0.2) is 0 Å². The molecule has 0 N–H and O–H groups in total. The van der Waals surface area contributed by atoms with Gasteiger partial charge >= 0.3 is 0 Å². The predicted molar refractivity (Wildman–Crippen MR) is 658 cm³/mol. The Hall–Kier alpha value is 0. The van der Waals surface area contributed by atoms with Crippen LogP contribution in [0.4, 0.5) is 0 Å². The molecule has 0 heterocycles. The van der Waals surface area contributed by atoms with E-state index < -0.39 is 0 Å². The standard InChI is InChI=1S/58C2H6/c58*1-2/h58*1-2H3. The molecular formula is C116H348. The van der Waals surface area contributed by atoms with Gasteiger partial charge in [-0.3, -0.25) is 0 Å². The van der Waals surface area contributed by atoms with Crippen LogP contribution in [0.2, 0.25) is 0 Å². The van der Waals surface area contributed by atoms with Crippen molar-refractivity contribution in [1.29, 1.82) is 0 Å². The van der Waals surface area contributed by atoms with Crippen LogP contribution in [0, 0.1) is 0 Å². The van der Waals surface area contributed by atoms with Gasteiger partial charge in [-0.15, -0.1) is 0 Å². The van der Waals surface area contributed by atoms with Crippen LogP contribution in [-0.2, 0) is 0 Å². The Morgan fingerprint density at radius 1 is 0.0172 bits per heavy atom. The molecule has 0 nitrogen and oxygen atoms in total. The maximum absolute atomic E-state index is 2.00. The molecule has 0 atom stereocenters. The zero-order valence-electron chi connectivity index (χ0n) is 116. The van der Waals surface area contributed by atoms with Crippen molar-refractivity contribution in [3.63, 3.8) is 0 Å².